The fraction of sp³-hybridized carbons (Fsp3) is 0.600. The van der Waals surface area contributed by atoms with Crippen LogP contribution in [0.1, 0.15) is 44.1 Å². The molecule has 1 N–H and O–H groups in total. The standard InChI is InChI=1S/C15H21FO/c16-14-9-7-12(8-10-14)11-15(17)13-5-3-1-2-4-6-13/h7-10,13,15,17H,1-6,11H2. The molecule has 1 aromatic carbocycles. The summed E-state index contributed by atoms with van der Waals surface area (Å²) in [5, 5.41) is 10.2. The predicted octanol–water partition coefficient (Wildman–Crippen LogP) is 3.70. The van der Waals surface area contributed by atoms with E-state index in [1.54, 1.807) is 12.1 Å². The van der Waals surface area contributed by atoms with Crippen LogP contribution in [0.3, 0.4) is 0 Å². The van der Waals surface area contributed by atoms with E-state index < -0.39 is 0 Å². The molecule has 94 valence electrons. The first-order chi connectivity index (χ1) is 8.25. The Hall–Kier alpha value is -0.890. The minimum absolute atomic E-state index is 0.210. The van der Waals surface area contributed by atoms with Crippen molar-refractivity contribution in [2.75, 3.05) is 0 Å². The first kappa shape index (κ1) is 12.6. The molecule has 1 aliphatic rings. The molecule has 1 nitrogen and oxygen atoms in total. The average molecular weight is 236 g/mol. The van der Waals surface area contributed by atoms with Crippen LogP contribution in [0.15, 0.2) is 24.3 Å². The third-order valence-corrected chi connectivity index (χ3v) is 3.80. The third kappa shape index (κ3) is 3.81. The number of hydrogen-bond donors (Lipinski definition) is 1. The molecule has 0 amide bonds. The lowest BCUT2D eigenvalue weighted by atomic mass is 9.90. The van der Waals surface area contributed by atoms with Gasteiger partial charge in [0, 0.05) is 0 Å². The van der Waals surface area contributed by atoms with E-state index in [1.165, 1.54) is 37.8 Å². The van der Waals surface area contributed by atoms with Gasteiger partial charge >= 0.3 is 0 Å². The molecule has 2 heteroatoms. The Labute approximate surface area is 103 Å². The zero-order valence-electron chi connectivity index (χ0n) is 10.2. The SMILES string of the molecule is OC(Cc1ccc(F)cc1)C1CCCCCC1. The maximum Gasteiger partial charge on any atom is 0.123 e. The lowest BCUT2D eigenvalue weighted by Crippen LogP contribution is -2.22. The molecule has 0 aromatic heterocycles. The van der Waals surface area contributed by atoms with Crippen LogP contribution in [0, 0.1) is 11.7 Å². The van der Waals surface area contributed by atoms with Gasteiger partial charge in [0.2, 0.25) is 0 Å². The van der Waals surface area contributed by atoms with Crippen molar-refractivity contribution < 1.29 is 9.50 Å². The molecule has 0 aliphatic heterocycles. The monoisotopic (exact) mass is 236 g/mol. The van der Waals surface area contributed by atoms with Crippen molar-refractivity contribution in [3.8, 4) is 0 Å². The lowest BCUT2D eigenvalue weighted by Gasteiger charge is -2.21. The van der Waals surface area contributed by atoms with Gasteiger partial charge in [-0.1, -0.05) is 37.8 Å². The third-order valence-electron chi connectivity index (χ3n) is 3.80. The van der Waals surface area contributed by atoms with Gasteiger partial charge in [-0.15, -0.1) is 0 Å². The van der Waals surface area contributed by atoms with Crippen LogP contribution >= 0.6 is 0 Å². The highest BCUT2D eigenvalue weighted by Crippen LogP contribution is 2.27. The van der Waals surface area contributed by atoms with E-state index in [0.29, 0.717) is 12.3 Å². The molecule has 0 radical (unpaired) electrons. The summed E-state index contributed by atoms with van der Waals surface area (Å²) in [4.78, 5) is 0. The van der Waals surface area contributed by atoms with Crippen LogP contribution in [0.25, 0.3) is 0 Å². The molecule has 1 saturated carbocycles. The second kappa shape index (κ2) is 6.15. The van der Waals surface area contributed by atoms with Crippen molar-refractivity contribution in [2.45, 2.75) is 51.0 Å². The van der Waals surface area contributed by atoms with Gasteiger partial charge in [0.05, 0.1) is 6.10 Å². The number of halogens is 1. The smallest absolute Gasteiger partial charge is 0.123 e. The highest BCUT2D eigenvalue weighted by Gasteiger charge is 2.20. The lowest BCUT2D eigenvalue weighted by molar-refractivity contribution is 0.0986. The molecular weight excluding hydrogens is 215 g/mol. The quantitative estimate of drug-likeness (QED) is 0.793. The Kier molecular flexibility index (Phi) is 4.55. The van der Waals surface area contributed by atoms with Crippen molar-refractivity contribution in [3.05, 3.63) is 35.6 Å². The predicted molar refractivity (Wildman–Crippen MR) is 67.3 cm³/mol. The van der Waals surface area contributed by atoms with Gasteiger partial charge in [-0.3, -0.25) is 0 Å². The summed E-state index contributed by atoms with van der Waals surface area (Å²) >= 11 is 0. The largest absolute Gasteiger partial charge is 0.392 e. The van der Waals surface area contributed by atoms with Crippen molar-refractivity contribution >= 4 is 0 Å². The Balaban J connectivity index is 1.90. The van der Waals surface area contributed by atoms with E-state index >= 15 is 0 Å². The molecule has 0 bridgehead atoms. The second-order valence-corrected chi connectivity index (χ2v) is 5.15. The zero-order chi connectivity index (χ0) is 12.1. The maximum absolute atomic E-state index is 12.8. The molecule has 0 heterocycles. The van der Waals surface area contributed by atoms with E-state index in [4.69, 9.17) is 0 Å². The van der Waals surface area contributed by atoms with Gasteiger partial charge in [0.15, 0.2) is 0 Å². The van der Waals surface area contributed by atoms with E-state index in [1.807, 2.05) is 0 Å². The number of rotatable bonds is 3. The summed E-state index contributed by atoms with van der Waals surface area (Å²) in [6, 6.07) is 6.48. The summed E-state index contributed by atoms with van der Waals surface area (Å²) in [5.74, 6) is 0.222. The van der Waals surface area contributed by atoms with Crippen LogP contribution in [0.5, 0.6) is 0 Å². The Bertz CT molecular complexity index is 325. The molecule has 0 saturated heterocycles. The van der Waals surface area contributed by atoms with Crippen molar-refractivity contribution in [3.63, 3.8) is 0 Å². The first-order valence-corrected chi connectivity index (χ1v) is 6.68. The minimum Gasteiger partial charge on any atom is -0.392 e. The minimum atomic E-state index is -0.265. The molecule has 17 heavy (non-hydrogen) atoms. The number of aliphatic hydroxyl groups is 1. The fourth-order valence-corrected chi connectivity index (χ4v) is 2.72. The van der Waals surface area contributed by atoms with Gasteiger partial charge < -0.3 is 5.11 Å². The average Bonchev–Trinajstić information content (AvgIpc) is 2.61. The molecular formula is C15H21FO. The second-order valence-electron chi connectivity index (χ2n) is 5.15. The van der Waals surface area contributed by atoms with E-state index in [-0.39, 0.29) is 11.9 Å². The topological polar surface area (TPSA) is 20.2 Å². The molecule has 1 atom stereocenters. The van der Waals surface area contributed by atoms with Gasteiger partial charge in [-0.2, -0.15) is 0 Å². The Morgan fingerprint density at radius 1 is 1.06 bits per heavy atom. The number of aliphatic hydroxyl groups excluding tert-OH is 1. The fourth-order valence-electron chi connectivity index (χ4n) is 2.72. The molecule has 0 spiro atoms. The van der Waals surface area contributed by atoms with Gasteiger partial charge in [0.1, 0.15) is 5.82 Å². The van der Waals surface area contributed by atoms with Gasteiger partial charge in [-0.25, -0.2) is 4.39 Å². The van der Waals surface area contributed by atoms with Crippen LogP contribution in [0.2, 0.25) is 0 Å². The molecule has 1 aliphatic carbocycles. The summed E-state index contributed by atoms with van der Waals surface area (Å²) in [6.07, 6.45) is 7.77. The van der Waals surface area contributed by atoms with E-state index in [9.17, 15) is 9.50 Å². The molecule has 1 unspecified atom stereocenters. The highest BCUT2D eigenvalue weighted by molar-refractivity contribution is 5.16. The Morgan fingerprint density at radius 3 is 2.24 bits per heavy atom. The van der Waals surface area contributed by atoms with Crippen LogP contribution < -0.4 is 0 Å². The summed E-state index contributed by atoms with van der Waals surface area (Å²) < 4.78 is 12.8. The molecule has 1 fully saturated rings. The van der Waals surface area contributed by atoms with E-state index in [2.05, 4.69) is 0 Å². The number of benzene rings is 1. The van der Waals surface area contributed by atoms with Crippen molar-refractivity contribution in [2.24, 2.45) is 5.92 Å². The van der Waals surface area contributed by atoms with Crippen LogP contribution in [-0.2, 0) is 6.42 Å². The van der Waals surface area contributed by atoms with Crippen LogP contribution in [0.4, 0.5) is 4.39 Å². The summed E-state index contributed by atoms with van der Waals surface area (Å²) in [6.45, 7) is 0. The van der Waals surface area contributed by atoms with Crippen LogP contribution in [-0.4, -0.2) is 11.2 Å². The summed E-state index contributed by atoms with van der Waals surface area (Å²) in [5.41, 5.74) is 1.03. The zero-order valence-corrected chi connectivity index (χ0v) is 10.2. The Morgan fingerprint density at radius 2 is 1.65 bits per heavy atom. The maximum atomic E-state index is 12.8. The van der Waals surface area contributed by atoms with Crippen molar-refractivity contribution in [1.29, 1.82) is 0 Å². The van der Waals surface area contributed by atoms with Crippen molar-refractivity contribution in [1.82, 2.24) is 0 Å². The molecule has 1 aromatic rings. The van der Waals surface area contributed by atoms with Gasteiger partial charge in [-0.05, 0) is 42.9 Å². The summed E-state index contributed by atoms with van der Waals surface area (Å²) in [7, 11) is 0. The number of hydrogen-bond acceptors (Lipinski definition) is 1. The highest BCUT2D eigenvalue weighted by atomic mass is 19.1. The molecule has 2 rings (SSSR count). The van der Waals surface area contributed by atoms with Gasteiger partial charge in [0.25, 0.3) is 0 Å². The first-order valence-electron chi connectivity index (χ1n) is 6.68. The normalized spacial score (nSPS) is 19.9. The van der Waals surface area contributed by atoms with E-state index in [0.717, 1.165) is 18.4 Å².